The number of hydrogen-bond donors (Lipinski definition) is 0. The number of aromatic nitrogens is 4. The molecular formula is C14H20N4O3. The van der Waals surface area contributed by atoms with Gasteiger partial charge in [-0.2, -0.15) is 10.1 Å². The van der Waals surface area contributed by atoms with E-state index in [0.29, 0.717) is 24.2 Å². The molecule has 0 bridgehead atoms. The fourth-order valence-corrected chi connectivity index (χ4v) is 1.70. The van der Waals surface area contributed by atoms with E-state index >= 15 is 0 Å². The minimum absolute atomic E-state index is 0.157. The molecule has 0 spiro atoms. The molecule has 0 saturated carbocycles. The zero-order valence-electron chi connectivity index (χ0n) is 12.7. The Morgan fingerprint density at radius 2 is 2.10 bits per heavy atom. The molecule has 0 N–H and O–H groups in total. The van der Waals surface area contributed by atoms with Gasteiger partial charge in [0.1, 0.15) is 12.6 Å². The first-order valence-corrected chi connectivity index (χ1v) is 6.94. The molecular weight excluding hydrogens is 272 g/mol. The lowest BCUT2D eigenvalue weighted by Crippen LogP contribution is -2.23. The molecule has 0 aliphatic carbocycles. The Kier molecular flexibility index (Phi) is 4.85. The normalized spacial score (nSPS) is 12.8. The standard InChI is InChI=1S/C14H20N4O3/c1-9(2)8-20-11(4)14-15-12(21-17-14)7-18-13(19)6-5-10(3)16-18/h5-6,9,11H,7-8H2,1-4H3/t11-/m1/s1. The average molecular weight is 292 g/mol. The van der Waals surface area contributed by atoms with Crippen LogP contribution in [0.5, 0.6) is 0 Å². The summed E-state index contributed by atoms with van der Waals surface area (Å²) < 4.78 is 12.1. The third-order valence-electron chi connectivity index (χ3n) is 2.81. The summed E-state index contributed by atoms with van der Waals surface area (Å²) >= 11 is 0. The fraction of sp³-hybridized carbons (Fsp3) is 0.571. The molecule has 0 radical (unpaired) electrons. The highest BCUT2D eigenvalue weighted by Crippen LogP contribution is 2.14. The maximum atomic E-state index is 11.7. The van der Waals surface area contributed by atoms with Crippen molar-refractivity contribution in [1.82, 2.24) is 19.9 Å². The SMILES string of the molecule is Cc1ccc(=O)n(Cc2nc([C@@H](C)OCC(C)C)no2)n1. The minimum atomic E-state index is -0.243. The van der Waals surface area contributed by atoms with Crippen LogP contribution in [0.1, 0.15) is 44.3 Å². The van der Waals surface area contributed by atoms with Crippen molar-refractivity contribution >= 4 is 0 Å². The molecule has 7 heteroatoms. The van der Waals surface area contributed by atoms with Crippen LogP contribution in [-0.2, 0) is 11.3 Å². The second-order valence-corrected chi connectivity index (χ2v) is 5.39. The Morgan fingerprint density at radius 3 is 2.81 bits per heavy atom. The van der Waals surface area contributed by atoms with Crippen molar-refractivity contribution in [3.63, 3.8) is 0 Å². The second-order valence-electron chi connectivity index (χ2n) is 5.39. The van der Waals surface area contributed by atoms with E-state index in [0.717, 1.165) is 5.69 Å². The zero-order chi connectivity index (χ0) is 15.4. The van der Waals surface area contributed by atoms with Gasteiger partial charge in [0.15, 0.2) is 5.82 Å². The van der Waals surface area contributed by atoms with Gasteiger partial charge in [0, 0.05) is 12.7 Å². The maximum absolute atomic E-state index is 11.7. The Hall–Kier alpha value is -2.02. The number of nitrogens with zero attached hydrogens (tertiary/aromatic N) is 4. The molecule has 2 heterocycles. The Labute approximate surface area is 122 Å². The molecule has 1 atom stereocenters. The van der Waals surface area contributed by atoms with E-state index in [1.807, 2.05) is 13.8 Å². The van der Waals surface area contributed by atoms with Crippen molar-refractivity contribution < 1.29 is 9.26 Å². The van der Waals surface area contributed by atoms with Gasteiger partial charge >= 0.3 is 0 Å². The Bertz CT molecular complexity index is 648. The van der Waals surface area contributed by atoms with Gasteiger partial charge in [0.25, 0.3) is 5.56 Å². The zero-order valence-corrected chi connectivity index (χ0v) is 12.7. The molecule has 2 aromatic rings. The summed E-state index contributed by atoms with van der Waals surface area (Å²) in [6.45, 7) is 8.62. The summed E-state index contributed by atoms with van der Waals surface area (Å²) in [7, 11) is 0. The van der Waals surface area contributed by atoms with Crippen LogP contribution in [0, 0.1) is 12.8 Å². The van der Waals surface area contributed by atoms with Crippen molar-refractivity contribution in [2.45, 2.75) is 40.3 Å². The highest BCUT2D eigenvalue weighted by Gasteiger charge is 2.15. The lowest BCUT2D eigenvalue weighted by Gasteiger charge is -2.10. The summed E-state index contributed by atoms with van der Waals surface area (Å²) in [6.07, 6.45) is -0.243. The predicted octanol–water partition coefficient (Wildman–Crippen LogP) is 1.72. The summed E-state index contributed by atoms with van der Waals surface area (Å²) in [6, 6.07) is 3.13. The van der Waals surface area contributed by atoms with Crippen LogP contribution in [-0.4, -0.2) is 26.5 Å². The van der Waals surface area contributed by atoms with Crippen LogP contribution in [0.2, 0.25) is 0 Å². The van der Waals surface area contributed by atoms with Crippen LogP contribution in [0.4, 0.5) is 0 Å². The second kappa shape index (κ2) is 6.62. The van der Waals surface area contributed by atoms with E-state index in [-0.39, 0.29) is 18.2 Å². The first-order chi connectivity index (χ1) is 9.95. The smallest absolute Gasteiger partial charge is 0.267 e. The van der Waals surface area contributed by atoms with E-state index in [1.165, 1.54) is 10.7 Å². The molecule has 0 saturated heterocycles. The summed E-state index contributed by atoms with van der Waals surface area (Å²) in [4.78, 5) is 15.9. The molecule has 0 aliphatic rings. The Balaban J connectivity index is 2.06. The highest BCUT2D eigenvalue weighted by molar-refractivity contribution is 4.98. The third kappa shape index (κ3) is 4.22. The summed E-state index contributed by atoms with van der Waals surface area (Å²) in [5.41, 5.74) is 0.549. The van der Waals surface area contributed by atoms with Gasteiger partial charge in [0.05, 0.1) is 5.69 Å². The first-order valence-electron chi connectivity index (χ1n) is 6.94. The number of rotatable bonds is 6. The van der Waals surface area contributed by atoms with Crippen molar-refractivity contribution in [3.05, 3.63) is 39.9 Å². The number of hydrogen-bond acceptors (Lipinski definition) is 6. The van der Waals surface area contributed by atoms with Gasteiger partial charge in [-0.1, -0.05) is 19.0 Å². The lowest BCUT2D eigenvalue weighted by molar-refractivity contribution is 0.0402. The molecule has 21 heavy (non-hydrogen) atoms. The van der Waals surface area contributed by atoms with Crippen LogP contribution in [0.25, 0.3) is 0 Å². The van der Waals surface area contributed by atoms with Gasteiger partial charge < -0.3 is 9.26 Å². The van der Waals surface area contributed by atoms with Crippen LogP contribution < -0.4 is 5.56 Å². The molecule has 0 aromatic carbocycles. The van der Waals surface area contributed by atoms with E-state index in [2.05, 4.69) is 29.1 Å². The van der Waals surface area contributed by atoms with Gasteiger partial charge in [0.2, 0.25) is 5.89 Å². The molecule has 0 fully saturated rings. The number of aryl methyl sites for hydroxylation is 1. The van der Waals surface area contributed by atoms with Gasteiger partial charge in [-0.25, -0.2) is 4.68 Å². The summed E-state index contributed by atoms with van der Waals surface area (Å²) in [5, 5.41) is 8.01. The van der Waals surface area contributed by atoms with Crippen LogP contribution in [0.15, 0.2) is 21.5 Å². The fourth-order valence-electron chi connectivity index (χ4n) is 1.70. The van der Waals surface area contributed by atoms with Crippen molar-refractivity contribution in [2.24, 2.45) is 5.92 Å². The van der Waals surface area contributed by atoms with Crippen molar-refractivity contribution in [3.8, 4) is 0 Å². The molecule has 0 aliphatic heterocycles. The van der Waals surface area contributed by atoms with E-state index in [9.17, 15) is 4.79 Å². The lowest BCUT2D eigenvalue weighted by atomic mass is 10.2. The average Bonchev–Trinajstić information content (AvgIpc) is 2.89. The largest absolute Gasteiger partial charge is 0.370 e. The van der Waals surface area contributed by atoms with Gasteiger partial charge in [-0.3, -0.25) is 4.79 Å². The molecule has 0 amide bonds. The number of ether oxygens (including phenoxy) is 1. The van der Waals surface area contributed by atoms with E-state index in [4.69, 9.17) is 9.26 Å². The third-order valence-corrected chi connectivity index (χ3v) is 2.81. The topological polar surface area (TPSA) is 83.0 Å². The van der Waals surface area contributed by atoms with Crippen molar-refractivity contribution in [1.29, 1.82) is 0 Å². The molecule has 7 nitrogen and oxygen atoms in total. The van der Waals surface area contributed by atoms with E-state index in [1.54, 1.807) is 6.07 Å². The van der Waals surface area contributed by atoms with E-state index < -0.39 is 0 Å². The van der Waals surface area contributed by atoms with Crippen LogP contribution >= 0.6 is 0 Å². The summed E-state index contributed by atoms with van der Waals surface area (Å²) in [5.74, 6) is 1.26. The molecule has 0 unspecified atom stereocenters. The predicted molar refractivity (Wildman–Crippen MR) is 75.8 cm³/mol. The monoisotopic (exact) mass is 292 g/mol. The quantitative estimate of drug-likeness (QED) is 0.806. The van der Waals surface area contributed by atoms with Gasteiger partial charge in [-0.05, 0) is 25.8 Å². The van der Waals surface area contributed by atoms with Gasteiger partial charge in [-0.15, -0.1) is 0 Å². The first kappa shape index (κ1) is 15.4. The maximum Gasteiger partial charge on any atom is 0.267 e. The van der Waals surface area contributed by atoms with Crippen LogP contribution in [0.3, 0.4) is 0 Å². The molecule has 114 valence electrons. The van der Waals surface area contributed by atoms with Crippen molar-refractivity contribution in [2.75, 3.05) is 6.61 Å². The minimum Gasteiger partial charge on any atom is -0.370 e. The molecule has 2 rings (SSSR count). The highest BCUT2D eigenvalue weighted by atomic mass is 16.5. The molecule has 2 aromatic heterocycles. The Morgan fingerprint density at radius 1 is 1.33 bits per heavy atom.